The summed E-state index contributed by atoms with van der Waals surface area (Å²) in [6, 6.07) is 4.19. The molecule has 0 radical (unpaired) electrons. The number of carbonyl (C=O) groups excluding carboxylic acids is 6. The maximum Gasteiger partial charge on any atom is 0.325 e. The highest BCUT2D eigenvalue weighted by molar-refractivity contribution is 6.38. The molecule has 1 aromatic rings. The number of amides is 5. The zero-order valence-electron chi connectivity index (χ0n) is 26.9. The lowest BCUT2D eigenvalue weighted by Crippen LogP contribution is -2.59. The molecule has 2 unspecified atom stereocenters. The summed E-state index contributed by atoms with van der Waals surface area (Å²) in [4.78, 5) is 79.7. The summed E-state index contributed by atoms with van der Waals surface area (Å²) in [5.41, 5.74) is 1.44. The van der Waals surface area contributed by atoms with Gasteiger partial charge in [-0.25, -0.2) is 4.79 Å². The fraction of sp³-hybridized carbons (Fsp3) is 0.576. The van der Waals surface area contributed by atoms with Crippen LogP contribution in [0.3, 0.4) is 0 Å². The van der Waals surface area contributed by atoms with Crippen LogP contribution in [0.25, 0.3) is 0 Å². The van der Waals surface area contributed by atoms with Gasteiger partial charge in [-0.1, -0.05) is 50.6 Å². The van der Waals surface area contributed by atoms with Crippen LogP contribution in [0.1, 0.15) is 65.0 Å². The van der Waals surface area contributed by atoms with Crippen molar-refractivity contribution in [3.8, 4) is 0 Å². The number of urea groups is 1. The average Bonchev–Trinajstić information content (AvgIpc) is 3.59. The zero-order chi connectivity index (χ0) is 33.3. The lowest BCUT2D eigenvalue weighted by atomic mass is 9.95. The molecule has 1 aromatic carbocycles. The molecule has 12 nitrogen and oxygen atoms in total. The first-order valence-corrected chi connectivity index (χ1v) is 15.6. The van der Waals surface area contributed by atoms with E-state index in [4.69, 9.17) is 4.74 Å². The van der Waals surface area contributed by atoms with E-state index in [-0.39, 0.29) is 37.9 Å². The first kappa shape index (κ1) is 35.3. The zero-order valence-corrected chi connectivity index (χ0v) is 26.9. The summed E-state index contributed by atoms with van der Waals surface area (Å²) in [5.74, 6) is -3.46. The molecule has 45 heavy (non-hydrogen) atoms. The van der Waals surface area contributed by atoms with Crippen LogP contribution in [-0.2, 0) is 41.6 Å². The van der Waals surface area contributed by atoms with Gasteiger partial charge in [-0.15, -0.1) is 6.58 Å². The Hall–Kier alpha value is -4.22. The first-order valence-electron chi connectivity index (χ1n) is 15.6. The third-order valence-electron chi connectivity index (χ3n) is 7.86. The Kier molecular flexibility index (Phi) is 12.3. The van der Waals surface area contributed by atoms with Crippen LogP contribution in [0.4, 0.5) is 4.79 Å². The molecule has 2 aliphatic rings. The fourth-order valence-electron chi connectivity index (χ4n) is 5.88. The van der Waals surface area contributed by atoms with Gasteiger partial charge in [0, 0.05) is 13.1 Å². The molecule has 3 rings (SSSR count). The number of nitrogens with one attached hydrogen (secondary N) is 4. The highest BCUT2D eigenvalue weighted by atomic mass is 16.6. The van der Waals surface area contributed by atoms with Crippen molar-refractivity contribution in [2.45, 2.75) is 90.4 Å². The average molecular weight is 626 g/mol. The SMILES string of the molecule is C=CCNC(=O)C(=O)C(CCC)NC(=O)[C@@H]1C[C@@H](C)CN1C(=O)C(NC(=O)NCC(=O)OC(C)(C)C)C1Cc2ccccc2C1. The van der Waals surface area contributed by atoms with Crippen LogP contribution in [0.15, 0.2) is 36.9 Å². The van der Waals surface area contributed by atoms with Gasteiger partial charge < -0.3 is 30.9 Å². The molecule has 4 atom stereocenters. The second-order valence-corrected chi connectivity index (χ2v) is 12.9. The van der Waals surface area contributed by atoms with E-state index in [1.807, 2.05) is 38.1 Å². The van der Waals surface area contributed by atoms with Crippen LogP contribution in [0, 0.1) is 11.8 Å². The van der Waals surface area contributed by atoms with E-state index in [0.717, 1.165) is 11.1 Å². The maximum absolute atomic E-state index is 14.2. The van der Waals surface area contributed by atoms with Crippen LogP contribution in [0.5, 0.6) is 0 Å². The normalized spacial score (nSPS) is 19.1. The predicted molar refractivity (Wildman–Crippen MR) is 168 cm³/mol. The maximum atomic E-state index is 14.2. The van der Waals surface area contributed by atoms with Crippen LogP contribution < -0.4 is 21.3 Å². The summed E-state index contributed by atoms with van der Waals surface area (Å²) in [7, 11) is 0. The highest BCUT2D eigenvalue weighted by Gasteiger charge is 2.44. The molecule has 0 bridgehead atoms. The summed E-state index contributed by atoms with van der Waals surface area (Å²) in [5, 5.41) is 10.4. The second-order valence-electron chi connectivity index (χ2n) is 12.9. The fourth-order valence-corrected chi connectivity index (χ4v) is 5.88. The van der Waals surface area contributed by atoms with Crippen LogP contribution >= 0.6 is 0 Å². The van der Waals surface area contributed by atoms with E-state index in [1.54, 1.807) is 20.8 Å². The number of ketones is 1. The number of likely N-dealkylation sites (tertiary alicyclic amines) is 1. The molecule has 5 amide bonds. The molecular formula is C33H47N5O7. The molecule has 1 fully saturated rings. The van der Waals surface area contributed by atoms with Gasteiger partial charge >= 0.3 is 12.0 Å². The summed E-state index contributed by atoms with van der Waals surface area (Å²) < 4.78 is 5.26. The molecule has 1 aliphatic carbocycles. The third-order valence-corrected chi connectivity index (χ3v) is 7.86. The molecule has 246 valence electrons. The Bertz CT molecular complexity index is 1270. The van der Waals surface area contributed by atoms with Crippen molar-refractivity contribution in [2.24, 2.45) is 11.8 Å². The highest BCUT2D eigenvalue weighted by Crippen LogP contribution is 2.32. The van der Waals surface area contributed by atoms with Gasteiger partial charge in [0.1, 0.15) is 24.2 Å². The van der Waals surface area contributed by atoms with Gasteiger partial charge in [0.05, 0.1) is 6.04 Å². The van der Waals surface area contributed by atoms with Crippen molar-refractivity contribution >= 4 is 35.5 Å². The number of nitrogens with zero attached hydrogens (tertiary/aromatic N) is 1. The molecule has 1 aliphatic heterocycles. The number of Topliss-reactive ketones (excluding diaryl/α,β-unsaturated/α-hetero) is 1. The number of hydrogen-bond acceptors (Lipinski definition) is 7. The second kappa shape index (κ2) is 15.7. The van der Waals surface area contributed by atoms with Crippen molar-refractivity contribution < 1.29 is 33.5 Å². The Morgan fingerprint density at radius 3 is 2.27 bits per heavy atom. The molecule has 12 heteroatoms. The monoisotopic (exact) mass is 625 g/mol. The lowest BCUT2D eigenvalue weighted by molar-refractivity contribution is -0.153. The lowest BCUT2D eigenvalue weighted by Gasteiger charge is -2.32. The van der Waals surface area contributed by atoms with Gasteiger partial charge in [-0.3, -0.25) is 24.0 Å². The number of rotatable bonds is 13. The number of hydrogen-bond donors (Lipinski definition) is 4. The summed E-state index contributed by atoms with van der Waals surface area (Å²) in [6.45, 7) is 12.5. The standard InChI is InChI=1S/C33H47N5O7/c1-7-11-24(28(40)30(42)34-14-8-2)36-29(41)25-15-20(3)19-38(25)31(43)27(23-16-21-12-9-10-13-22(21)17-23)37-32(44)35-18-26(39)45-33(4,5)6/h8-10,12-13,20,23-25,27H,2,7,11,14-19H2,1,3-6H3,(H,34,42)(H,36,41)(H2,35,37,44)/t20-,24?,25+,27?/m1/s1. The van der Waals surface area contributed by atoms with Crippen molar-refractivity contribution in [2.75, 3.05) is 19.6 Å². The minimum absolute atomic E-state index is 0.0247. The van der Waals surface area contributed by atoms with Crippen molar-refractivity contribution in [3.05, 3.63) is 48.0 Å². The third kappa shape index (κ3) is 9.89. The van der Waals surface area contributed by atoms with E-state index < -0.39 is 59.2 Å². The van der Waals surface area contributed by atoms with Crippen LogP contribution in [0.2, 0.25) is 0 Å². The van der Waals surface area contributed by atoms with Crippen molar-refractivity contribution in [1.82, 2.24) is 26.2 Å². The summed E-state index contributed by atoms with van der Waals surface area (Å²) >= 11 is 0. The largest absolute Gasteiger partial charge is 0.459 e. The van der Waals surface area contributed by atoms with Crippen molar-refractivity contribution in [1.29, 1.82) is 0 Å². The van der Waals surface area contributed by atoms with Crippen molar-refractivity contribution in [3.63, 3.8) is 0 Å². The molecular weight excluding hydrogens is 578 g/mol. The summed E-state index contributed by atoms with van der Waals surface area (Å²) in [6.07, 6.45) is 3.70. The molecule has 0 saturated carbocycles. The number of fused-ring (bicyclic) bond motifs is 1. The van der Waals surface area contributed by atoms with E-state index in [0.29, 0.717) is 25.7 Å². The Morgan fingerprint density at radius 2 is 1.69 bits per heavy atom. The number of benzene rings is 1. The van der Waals surface area contributed by atoms with Gasteiger partial charge in [0.25, 0.3) is 5.91 Å². The van der Waals surface area contributed by atoms with Gasteiger partial charge in [0.2, 0.25) is 17.6 Å². The van der Waals surface area contributed by atoms with E-state index in [9.17, 15) is 28.8 Å². The topological polar surface area (TPSA) is 163 Å². The number of esters is 1. The quantitative estimate of drug-likeness (QED) is 0.148. The molecule has 0 spiro atoms. The molecule has 0 aromatic heterocycles. The Morgan fingerprint density at radius 1 is 1.04 bits per heavy atom. The molecule has 4 N–H and O–H groups in total. The first-order chi connectivity index (χ1) is 21.2. The van der Waals surface area contributed by atoms with E-state index in [1.165, 1.54) is 11.0 Å². The Balaban J connectivity index is 1.79. The van der Waals surface area contributed by atoms with E-state index in [2.05, 4.69) is 27.8 Å². The molecule has 1 heterocycles. The van der Waals surface area contributed by atoms with Gasteiger partial charge in [-0.2, -0.15) is 0 Å². The van der Waals surface area contributed by atoms with Gasteiger partial charge in [0.15, 0.2) is 0 Å². The number of carbonyl (C=O) groups is 6. The minimum atomic E-state index is -1.04. The number of ether oxygens (including phenoxy) is 1. The van der Waals surface area contributed by atoms with E-state index >= 15 is 0 Å². The molecule has 1 saturated heterocycles. The minimum Gasteiger partial charge on any atom is -0.459 e. The van der Waals surface area contributed by atoms with Gasteiger partial charge in [-0.05, 0) is 69.4 Å². The smallest absolute Gasteiger partial charge is 0.325 e. The Labute approximate surface area is 265 Å². The van der Waals surface area contributed by atoms with Crippen LogP contribution in [-0.4, -0.2) is 83.8 Å². The predicted octanol–water partition coefficient (Wildman–Crippen LogP) is 1.80.